The molecular weight excluding hydrogens is 316 g/mol. The van der Waals surface area contributed by atoms with E-state index in [4.69, 9.17) is 9.47 Å². The Kier molecular flexibility index (Phi) is 9.25. The lowest BCUT2D eigenvalue weighted by molar-refractivity contribution is -0.151. The fourth-order valence-electron chi connectivity index (χ4n) is 2.68. The van der Waals surface area contributed by atoms with E-state index in [0.29, 0.717) is 25.2 Å². The molecule has 1 aliphatic rings. The molecule has 0 bridgehead atoms. The number of hydrogen-bond acceptors (Lipinski definition) is 4. The predicted molar refractivity (Wildman–Crippen MR) is 99.9 cm³/mol. The van der Waals surface area contributed by atoms with Crippen LogP contribution in [0.2, 0.25) is 0 Å². The van der Waals surface area contributed by atoms with Crippen LogP contribution in [0.25, 0.3) is 0 Å². The lowest BCUT2D eigenvalue weighted by atomic mass is 9.94. The van der Waals surface area contributed by atoms with Crippen molar-refractivity contribution in [2.45, 2.75) is 72.0 Å². The summed E-state index contributed by atoms with van der Waals surface area (Å²) in [6.07, 6.45) is 10.2. The number of ether oxygens (including phenoxy) is 2. The van der Waals surface area contributed by atoms with Crippen LogP contribution in [0, 0.1) is 11.8 Å². The number of esters is 2. The van der Waals surface area contributed by atoms with Crippen LogP contribution in [0.15, 0.2) is 36.5 Å². The third-order valence-electron chi connectivity index (χ3n) is 4.34. The van der Waals surface area contributed by atoms with E-state index in [-0.39, 0.29) is 30.1 Å². The van der Waals surface area contributed by atoms with Gasteiger partial charge in [-0.1, -0.05) is 51.2 Å². The van der Waals surface area contributed by atoms with Gasteiger partial charge in [-0.05, 0) is 38.0 Å². The molecule has 1 rings (SSSR count). The van der Waals surface area contributed by atoms with Gasteiger partial charge in [0.25, 0.3) is 0 Å². The first-order valence-corrected chi connectivity index (χ1v) is 9.18. The minimum atomic E-state index is -0.363. The summed E-state index contributed by atoms with van der Waals surface area (Å²) in [7, 11) is 0. The van der Waals surface area contributed by atoms with Crippen molar-refractivity contribution in [1.29, 1.82) is 0 Å². The molecule has 3 atom stereocenters. The summed E-state index contributed by atoms with van der Waals surface area (Å²) in [6, 6.07) is 0. The molecule has 0 saturated carbocycles. The van der Waals surface area contributed by atoms with Crippen molar-refractivity contribution in [2.75, 3.05) is 0 Å². The van der Waals surface area contributed by atoms with Crippen molar-refractivity contribution in [2.24, 2.45) is 11.8 Å². The topological polar surface area (TPSA) is 52.6 Å². The van der Waals surface area contributed by atoms with Crippen LogP contribution in [-0.2, 0) is 19.1 Å². The molecule has 140 valence electrons. The fraction of sp³-hybridized carbons (Fsp3) is 0.619. The molecule has 0 aromatic heterocycles. The third-order valence-corrected chi connectivity index (χ3v) is 4.34. The van der Waals surface area contributed by atoms with Crippen LogP contribution in [-0.4, -0.2) is 24.1 Å². The van der Waals surface area contributed by atoms with Gasteiger partial charge in [0, 0.05) is 18.9 Å². The number of cyclic esters (lactones) is 1. The van der Waals surface area contributed by atoms with Gasteiger partial charge in [-0.3, -0.25) is 4.79 Å². The Bertz CT molecular complexity index is 516. The maximum absolute atomic E-state index is 12.0. The normalized spacial score (nSPS) is 27.2. The van der Waals surface area contributed by atoms with Crippen molar-refractivity contribution in [1.82, 2.24) is 0 Å². The summed E-state index contributed by atoms with van der Waals surface area (Å²) in [5, 5.41) is 0. The predicted octanol–water partition coefficient (Wildman–Crippen LogP) is 4.75. The molecule has 0 saturated heterocycles. The highest BCUT2D eigenvalue weighted by molar-refractivity contribution is 5.82. The Hall–Kier alpha value is -1.84. The van der Waals surface area contributed by atoms with E-state index in [2.05, 4.69) is 39.5 Å². The Morgan fingerprint density at radius 3 is 2.64 bits per heavy atom. The van der Waals surface area contributed by atoms with Gasteiger partial charge < -0.3 is 9.47 Å². The summed E-state index contributed by atoms with van der Waals surface area (Å²) >= 11 is 0. The molecule has 0 unspecified atom stereocenters. The van der Waals surface area contributed by atoms with Crippen LogP contribution >= 0.6 is 0 Å². The van der Waals surface area contributed by atoms with Gasteiger partial charge in [-0.25, -0.2) is 4.79 Å². The van der Waals surface area contributed by atoms with Crippen LogP contribution < -0.4 is 0 Å². The molecule has 0 fully saturated rings. The van der Waals surface area contributed by atoms with Crippen LogP contribution in [0.4, 0.5) is 0 Å². The zero-order valence-corrected chi connectivity index (χ0v) is 16.0. The second kappa shape index (κ2) is 10.9. The SMILES string of the molecule is C=C(C)/C=C/C(=O)O[C@H]1CCCC(=O)O[C@@H](C(C)C)C/C=C/C[C@@H]1C. The Morgan fingerprint density at radius 2 is 2.00 bits per heavy atom. The van der Waals surface area contributed by atoms with E-state index in [1.807, 2.05) is 6.92 Å². The quantitative estimate of drug-likeness (QED) is 0.318. The van der Waals surface area contributed by atoms with Crippen molar-refractivity contribution < 1.29 is 19.1 Å². The lowest BCUT2D eigenvalue weighted by Gasteiger charge is -2.24. The highest BCUT2D eigenvalue weighted by atomic mass is 16.5. The summed E-state index contributed by atoms with van der Waals surface area (Å²) in [6.45, 7) is 11.8. The first kappa shape index (κ1) is 21.2. The summed E-state index contributed by atoms with van der Waals surface area (Å²) in [5.74, 6) is -0.0416. The summed E-state index contributed by atoms with van der Waals surface area (Å²) in [5.41, 5.74) is 0.800. The fourth-order valence-corrected chi connectivity index (χ4v) is 2.68. The van der Waals surface area contributed by atoms with Crippen molar-refractivity contribution in [3.8, 4) is 0 Å². The standard InChI is InChI=1S/C21H32O4/c1-15(2)13-14-21(23)25-19-11-8-12-20(22)24-18(16(3)4)10-7-6-9-17(19)5/h6-7,13-14,16-19H,1,8-12H2,2-5H3/b7-6+,14-13+/t17-,18+,19-/m0/s1. The molecule has 0 N–H and O–H groups in total. The molecule has 4 nitrogen and oxygen atoms in total. The minimum Gasteiger partial charge on any atom is -0.462 e. The highest BCUT2D eigenvalue weighted by Gasteiger charge is 2.22. The minimum absolute atomic E-state index is 0.0700. The molecule has 0 spiro atoms. The van der Waals surface area contributed by atoms with Gasteiger partial charge >= 0.3 is 11.9 Å². The Labute approximate surface area is 152 Å². The molecule has 0 radical (unpaired) electrons. The highest BCUT2D eigenvalue weighted by Crippen LogP contribution is 2.22. The monoisotopic (exact) mass is 348 g/mol. The van der Waals surface area contributed by atoms with Crippen molar-refractivity contribution >= 4 is 11.9 Å². The summed E-state index contributed by atoms with van der Waals surface area (Å²) in [4.78, 5) is 24.0. The molecule has 1 heterocycles. The maximum Gasteiger partial charge on any atom is 0.331 e. The zero-order valence-electron chi connectivity index (χ0n) is 16.0. The largest absolute Gasteiger partial charge is 0.462 e. The molecular formula is C21H32O4. The van der Waals surface area contributed by atoms with Crippen LogP contribution in [0.3, 0.4) is 0 Å². The zero-order chi connectivity index (χ0) is 18.8. The molecule has 0 amide bonds. The van der Waals surface area contributed by atoms with Crippen LogP contribution in [0.5, 0.6) is 0 Å². The Balaban J connectivity index is 2.74. The van der Waals surface area contributed by atoms with E-state index in [9.17, 15) is 9.59 Å². The lowest BCUT2D eigenvalue weighted by Crippen LogP contribution is -2.26. The van der Waals surface area contributed by atoms with E-state index in [0.717, 1.165) is 18.4 Å². The molecule has 0 aliphatic carbocycles. The molecule has 25 heavy (non-hydrogen) atoms. The van der Waals surface area contributed by atoms with Crippen molar-refractivity contribution in [3.05, 3.63) is 36.5 Å². The second-order valence-corrected chi connectivity index (χ2v) is 7.24. The number of rotatable bonds is 4. The number of hydrogen-bond donors (Lipinski definition) is 0. The van der Waals surface area contributed by atoms with Gasteiger partial charge in [0.05, 0.1) is 0 Å². The smallest absolute Gasteiger partial charge is 0.331 e. The van der Waals surface area contributed by atoms with Gasteiger partial charge in [0.15, 0.2) is 0 Å². The molecule has 1 aliphatic heterocycles. The van der Waals surface area contributed by atoms with E-state index >= 15 is 0 Å². The molecule has 0 aromatic rings. The second-order valence-electron chi connectivity index (χ2n) is 7.24. The third kappa shape index (κ3) is 8.71. The number of carbonyl (C=O) groups is 2. The van der Waals surface area contributed by atoms with Crippen molar-refractivity contribution in [3.63, 3.8) is 0 Å². The first-order chi connectivity index (χ1) is 11.8. The van der Waals surface area contributed by atoms with E-state index in [1.165, 1.54) is 6.08 Å². The van der Waals surface area contributed by atoms with Gasteiger partial charge in [-0.2, -0.15) is 0 Å². The van der Waals surface area contributed by atoms with E-state index in [1.54, 1.807) is 6.08 Å². The van der Waals surface area contributed by atoms with Crippen LogP contribution in [0.1, 0.15) is 59.8 Å². The van der Waals surface area contributed by atoms with Gasteiger partial charge in [-0.15, -0.1) is 0 Å². The number of allylic oxidation sites excluding steroid dienone is 3. The first-order valence-electron chi connectivity index (χ1n) is 9.18. The van der Waals surface area contributed by atoms with Gasteiger partial charge in [0.2, 0.25) is 0 Å². The molecule has 4 heteroatoms. The maximum atomic E-state index is 12.0. The van der Waals surface area contributed by atoms with E-state index < -0.39 is 0 Å². The average molecular weight is 348 g/mol. The van der Waals surface area contributed by atoms with Gasteiger partial charge in [0.1, 0.15) is 12.2 Å². The summed E-state index contributed by atoms with van der Waals surface area (Å²) < 4.78 is 11.2. The number of carbonyl (C=O) groups excluding carboxylic acids is 2. The average Bonchev–Trinajstić information content (AvgIpc) is 2.53. The Morgan fingerprint density at radius 1 is 1.32 bits per heavy atom. The molecule has 0 aromatic carbocycles.